The Hall–Kier alpha value is -2.17. The smallest absolute Gasteiger partial charge is 0.277 e. The molecule has 1 amide bonds. The van der Waals surface area contributed by atoms with Crippen molar-refractivity contribution in [1.29, 1.82) is 5.26 Å². The van der Waals surface area contributed by atoms with Crippen molar-refractivity contribution in [2.24, 2.45) is 5.10 Å². The van der Waals surface area contributed by atoms with Crippen molar-refractivity contribution in [2.45, 2.75) is 0 Å². The minimum Gasteiger partial charge on any atom is -0.483 e. The van der Waals surface area contributed by atoms with Crippen molar-refractivity contribution in [2.75, 3.05) is 6.61 Å². The summed E-state index contributed by atoms with van der Waals surface area (Å²) in [4.78, 5) is 11.7. The van der Waals surface area contributed by atoms with Gasteiger partial charge >= 0.3 is 0 Å². The van der Waals surface area contributed by atoms with Gasteiger partial charge in [0.15, 0.2) is 6.61 Å². The van der Waals surface area contributed by atoms with E-state index in [2.05, 4.69) is 42.4 Å². The molecule has 7 heteroatoms. The molecule has 0 aliphatic rings. The molecule has 0 saturated carbocycles. The van der Waals surface area contributed by atoms with Gasteiger partial charge in [0.05, 0.1) is 22.3 Å². The number of ether oxygens (including phenoxy) is 1. The summed E-state index contributed by atoms with van der Waals surface area (Å²) in [5, 5.41) is 12.5. The molecule has 0 aliphatic carbocycles. The van der Waals surface area contributed by atoms with E-state index in [1.807, 2.05) is 18.2 Å². The van der Waals surface area contributed by atoms with Gasteiger partial charge in [-0.1, -0.05) is 28.1 Å². The van der Waals surface area contributed by atoms with Gasteiger partial charge in [0.1, 0.15) is 5.75 Å². The van der Waals surface area contributed by atoms with Crippen LogP contribution >= 0.6 is 31.9 Å². The molecule has 23 heavy (non-hydrogen) atoms. The van der Waals surface area contributed by atoms with E-state index < -0.39 is 0 Å². The SMILES string of the molecule is N#Cc1ccc(C=NNC(=O)COc2ccc(Br)cc2Br)cc1. The summed E-state index contributed by atoms with van der Waals surface area (Å²) in [5.74, 6) is 0.198. The average molecular weight is 437 g/mol. The number of benzene rings is 2. The lowest BCUT2D eigenvalue weighted by atomic mass is 10.2. The number of rotatable bonds is 5. The molecule has 0 heterocycles. The lowest BCUT2D eigenvalue weighted by molar-refractivity contribution is -0.123. The Labute approximate surface area is 150 Å². The van der Waals surface area contributed by atoms with E-state index in [1.165, 1.54) is 6.21 Å². The molecule has 1 N–H and O–H groups in total. The average Bonchev–Trinajstić information content (AvgIpc) is 2.54. The maximum absolute atomic E-state index is 11.7. The lowest BCUT2D eigenvalue weighted by Crippen LogP contribution is -2.24. The van der Waals surface area contributed by atoms with E-state index >= 15 is 0 Å². The summed E-state index contributed by atoms with van der Waals surface area (Å²) >= 11 is 6.69. The molecule has 0 atom stereocenters. The number of nitriles is 1. The molecular formula is C16H11Br2N3O2. The highest BCUT2D eigenvalue weighted by Crippen LogP contribution is 2.27. The molecule has 0 aromatic heterocycles. The van der Waals surface area contributed by atoms with E-state index in [1.54, 1.807) is 30.3 Å². The van der Waals surface area contributed by atoms with E-state index in [0.29, 0.717) is 11.3 Å². The van der Waals surface area contributed by atoms with E-state index in [9.17, 15) is 4.79 Å². The third kappa shape index (κ3) is 5.51. The molecule has 0 bridgehead atoms. The number of carbonyl (C=O) groups excluding carboxylic acids is 1. The predicted octanol–water partition coefficient (Wildman–Crippen LogP) is 3.61. The van der Waals surface area contributed by atoms with Crippen LogP contribution in [0.5, 0.6) is 5.75 Å². The number of hydrogen-bond donors (Lipinski definition) is 1. The van der Waals surface area contributed by atoms with Crippen LogP contribution in [0.15, 0.2) is 56.5 Å². The first-order valence-corrected chi connectivity index (χ1v) is 8.07. The number of carbonyl (C=O) groups is 1. The highest BCUT2D eigenvalue weighted by atomic mass is 79.9. The third-order valence-corrected chi connectivity index (χ3v) is 3.81. The first-order valence-electron chi connectivity index (χ1n) is 6.48. The largest absolute Gasteiger partial charge is 0.483 e. The number of hydrazone groups is 1. The number of nitrogens with zero attached hydrogens (tertiary/aromatic N) is 2. The predicted molar refractivity (Wildman–Crippen MR) is 94.2 cm³/mol. The minimum absolute atomic E-state index is 0.148. The van der Waals surface area contributed by atoms with Crippen LogP contribution in [0.25, 0.3) is 0 Å². The normalized spacial score (nSPS) is 10.3. The first kappa shape index (κ1) is 17.2. The Bertz CT molecular complexity index is 768. The maximum atomic E-state index is 11.7. The van der Waals surface area contributed by atoms with Crippen molar-refractivity contribution in [3.05, 3.63) is 62.5 Å². The summed E-state index contributed by atoms with van der Waals surface area (Å²) in [6, 6.07) is 14.3. The molecule has 2 rings (SSSR count). The fraction of sp³-hybridized carbons (Fsp3) is 0.0625. The van der Waals surface area contributed by atoms with Crippen molar-refractivity contribution < 1.29 is 9.53 Å². The van der Waals surface area contributed by atoms with Gasteiger partial charge in [-0.3, -0.25) is 4.79 Å². The second-order valence-electron chi connectivity index (χ2n) is 4.39. The van der Waals surface area contributed by atoms with Gasteiger partial charge < -0.3 is 4.74 Å². The molecular weight excluding hydrogens is 426 g/mol. The van der Waals surface area contributed by atoms with Crippen LogP contribution in [0.1, 0.15) is 11.1 Å². The van der Waals surface area contributed by atoms with Gasteiger partial charge in [-0.25, -0.2) is 5.43 Å². The first-order chi connectivity index (χ1) is 11.1. The fourth-order valence-corrected chi connectivity index (χ4v) is 2.75. The minimum atomic E-state index is -0.371. The molecule has 2 aromatic carbocycles. The maximum Gasteiger partial charge on any atom is 0.277 e. The zero-order valence-electron chi connectivity index (χ0n) is 11.8. The summed E-state index contributed by atoms with van der Waals surface area (Å²) in [5.41, 5.74) is 3.72. The Kier molecular flexibility index (Phi) is 6.32. The van der Waals surface area contributed by atoms with E-state index in [-0.39, 0.29) is 12.5 Å². The zero-order chi connectivity index (χ0) is 16.7. The zero-order valence-corrected chi connectivity index (χ0v) is 15.0. The van der Waals surface area contributed by atoms with Gasteiger partial charge in [-0.05, 0) is 51.8 Å². The quantitative estimate of drug-likeness (QED) is 0.574. The Morgan fingerprint density at radius 3 is 2.65 bits per heavy atom. The number of nitrogens with one attached hydrogen (secondary N) is 1. The van der Waals surface area contributed by atoms with Crippen molar-refractivity contribution in [3.63, 3.8) is 0 Å². The van der Waals surface area contributed by atoms with Gasteiger partial charge in [0, 0.05) is 4.47 Å². The number of halogens is 2. The molecule has 0 radical (unpaired) electrons. The van der Waals surface area contributed by atoms with Crippen LogP contribution in [0.2, 0.25) is 0 Å². The van der Waals surface area contributed by atoms with Crippen LogP contribution < -0.4 is 10.2 Å². The van der Waals surface area contributed by atoms with Crippen LogP contribution in [0.3, 0.4) is 0 Å². The molecule has 0 spiro atoms. The van der Waals surface area contributed by atoms with Crippen LogP contribution in [0, 0.1) is 11.3 Å². The summed E-state index contributed by atoms with van der Waals surface area (Å²) in [6.45, 7) is -0.148. The second kappa shape index (κ2) is 8.46. The molecule has 116 valence electrons. The third-order valence-electron chi connectivity index (χ3n) is 2.70. The van der Waals surface area contributed by atoms with Crippen molar-refractivity contribution >= 4 is 44.0 Å². The van der Waals surface area contributed by atoms with Gasteiger partial charge in [-0.2, -0.15) is 10.4 Å². The monoisotopic (exact) mass is 435 g/mol. The molecule has 0 unspecified atom stereocenters. The van der Waals surface area contributed by atoms with Gasteiger partial charge in [0.2, 0.25) is 0 Å². The summed E-state index contributed by atoms with van der Waals surface area (Å²) in [7, 11) is 0. The Morgan fingerprint density at radius 2 is 2.00 bits per heavy atom. The van der Waals surface area contributed by atoms with Crippen molar-refractivity contribution in [1.82, 2.24) is 5.43 Å². The second-order valence-corrected chi connectivity index (χ2v) is 6.16. The Balaban J connectivity index is 1.82. The Morgan fingerprint density at radius 1 is 1.26 bits per heavy atom. The topological polar surface area (TPSA) is 74.5 Å². The van der Waals surface area contributed by atoms with Crippen LogP contribution in [-0.4, -0.2) is 18.7 Å². The fourth-order valence-electron chi connectivity index (χ4n) is 1.59. The van der Waals surface area contributed by atoms with Gasteiger partial charge in [-0.15, -0.1) is 0 Å². The number of amides is 1. The highest BCUT2D eigenvalue weighted by Gasteiger charge is 2.05. The standard InChI is InChI=1S/C16H11Br2N3O2/c17-13-5-6-15(14(18)7-13)23-10-16(22)21-20-9-12-3-1-11(8-19)2-4-12/h1-7,9H,10H2,(H,21,22). The molecule has 2 aromatic rings. The van der Waals surface area contributed by atoms with Crippen LogP contribution in [0.4, 0.5) is 0 Å². The number of hydrogen-bond acceptors (Lipinski definition) is 4. The van der Waals surface area contributed by atoms with Gasteiger partial charge in [0.25, 0.3) is 5.91 Å². The molecule has 0 saturated heterocycles. The van der Waals surface area contributed by atoms with Crippen LogP contribution in [-0.2, 0) is 4.79 Å². The molecule has 0 aliphatic heterocycles. The highest BCUT2D eigenvalue weighted by molar-refractivity contribution is 9.11. The molecule has 5 nitrogen and oxygen atoms in total. The summed E-state index contributed by atoms with van der Waals surface area (Å²) < 4.78 is 7.06. The summed E-state index contributed by atoms with van der Waals surface area (Å²) in [6.07, 6.45) is 1.49. The van der Waals surface area contributed by atoms with E-state index in [4.69, 9.17) is 10.00 Å². The van der Waals surface area contributed by atoms with Crippen molar-refractivity contribution in [3.8, 4) is 11.8 Å². The van der Waals surface area contributed by atoms with E-state index in [0.717, 1.165) is 14.5 Å². The lowest BCUT2D eigenvalue weighted by Gasteiger charge is -2.07. The molecule has 0 fully saturated rings.